The van der Waals surface area contributed by atoms with Gasteiger partial charge in [0.1, 0.15) is 5.75 Å². The summed E-state index contributed by atoms with van der Waals surface area (Å²) in [4.78, 5) is 13.9. The number of carbonyl (C=O) groups excluding carboxylic acids is 1. The molecule has 110 valence electrons. The average Bonchev–Trinajstić information content (AvgIpc) is 2.54. The molecule has 0 aromatic heterocycles. The van der Waals surface area contributed by atoms with Crippen LogP contribution in [0.25, 0.3) is 0 Å². The predicted molar refractivity (Wildman–Crippen MR) is 84.3 cm³/mol. The van der Waals surface area contributed by atoms with Crippen molar-refractivity contribution in [3.63, 3.8) is 0 Å². The molecule has 0 saturated carbocycles. The maximum absolute atomic E-state index is 11.7. The molecule has 0 amide bonds. The summed E-state index contributed by atoms with van der Waals surface area (Å²) < 4.78 is 9.95. The van der Waals surface area contributed by atoms with E-state index in [1.54, 1.807) is 18.9 Å². The Labute approximate surface area is 129 Å². The zero-order chi connectivity index (χ0) is 15.2. The third kappa shape index (κ3) is 3.79. The van der Waals surface area contributed by atoms with Crippen molar-refractivity contribution in [3.05, 3.63) is 53.6 Å². The van der Waals surface area contributed by atoms with Gasteiger partial charge >= 0.3 is 5.97 Å². The largest absolute Gasteiger partial charge is 0.497 e. The van der Waals surface area contributed by atoms with Gasteiger partial charge in [0, 0.05) is 9.79 Å². The van der Waals surface area contributed by atoms with Gasteiger partial charge in [0.25, 0.3) is 0 Å². The molecule has 0 radical (unpaired) electrons. The van der Waals surface area contributed by atoms with E-state index in [4.69, 9.17) is 9.47 Å². The smallest absolute Gasteiger partial charge is 0.338 e. The SMILES string of the molecule is CCc1cc(Sc2ccc(OC)cc2)ccc1C(=O)OC. The molecule has 3 nitrogen and oxygen atoms in total. The Bertz CT molecular complexity index is 620. The van der Waals surface area contributed by atoms with Crippen LogP contribution in [0.15, 0.2) is 52.3 Å². The minimum atomic E-state index is -0.284. The lowest BCUT2D eigenvalue weighted by molar-refractivity contribution is 0.0599. The number of benzene rings is 2. The van der Waals surface area contributed by atoms with E-state index < -0.39 is 0 Å². The quantitative estimate of drug-likeness (QED) is 0.776. The molecule has 0 spiro atoms. The molecule has 0 aliphatic heterocycles. The monoisotopic (exact) mass is 302 g/mol. The van der Waals surface area contributed by atoms with Crippen LogP contribution >= 0.6 is 11.8 Å². The lowest BCUT2D eigenvalue weighted by atomic mass is 10.1. The van der Waals surface area contributed by atoms with Gasteiger partial charge in [0.05, 0.1) is 19.8 Å². The number of hydrogen-bond acceptors (Lipinski definition) is 4. The molecule has 0 fully saturated rings. The van der Waals surface area contributed by atoms with E-state index >= 15 is 0 Å². The van der Waals surface area contributed by atoms with Crippen LogP contribution in [0, 0.1) is 0 Å². The van der Waals surface area contributed by atoms with Crippen LogP contribution in [0.1, 0.15) is 22.8 Å². The second kappa shape index (κ2) is 7.18. The lowest BCUT2D eigenvalue weighted by Crippen LogP contribution is -2.05. The topological polar surface area (TPSA) is 35.5 Å². The van der Waals surface area contributed by atoms with Crippen LogP contribution in [0.2, 0.25) is 0 Å². The number of rotatable bonds is 5. The summed E-state index contributed by atoms with van der Waals surface area (Å²) in [6, 6.07) is 13.7. The second-order valence-electron chi connectivity index (χ2n) is 4.44. The third-order valence-electron chi connectivity index (χ3n) is 3.16. The molecular weight excluding hydrogens is 284 g/mol. The fourth-order valence-electron chi connectivity index (χ4n) is 2.02. The first-order valence-electron chi connectivity index (χ1n) is 6.71. The zero-order valence-corrected chi connectivity index (χ0v) is 13.2. The van der Waals surface area contributed by atoms with Gasteiger partial charge in [0.2, 0.25) is 0 Å². The van der Waals surface area contributed by atoms with E-state index in [1.807, 2.05) is 49.4 Å². The Kier molecular flexibility index (Phi) is 5.28. The van der Waals surface area contributed by atoms with Gasteiger partial charge in [-0.2, -0.15) is 0 Å². The molecule has 0 atom stereocenters. The highest BCUT2D eigenvalue weighted by Gasteiger charge is 2.11. The molecule has 2 aromatic rings. The number of esters is 1. The predicted octanol–water partition coefficient (Wildman–Crippen LogP) is 4.20. The van der Waals surface area contributed by atoms with E-state index in [2.05, 4.69) is 0 Å². The molecule has 4 heteroatoms. The van der Waals surface area contributed by atoms with Gasteiger partial charge in [-0.1, -0.05) is 18.7 Å². The van der Waals surface area contributed by atoms with Gasteiger partial charge in [-0.25, -0.2) is 4.79 Å². The minimum absolute atomic E-state index is 0.284. The number of methoxy groups -OCH3 is 2. The average molecular weight is 302 g/mol. The molecule has 2 aromatic carbocycles. The van der Waals surface area contributed by atoms with Crippen LogP contribution in [-0.4, -0.2) is 20.2 Å². The maximum Gasteiger partial charge on any atom is 0.338 e. The zero-order valence-electron chi connectivity index (χ0n) is 12.4. The van der Waals surface area contributed by atoms with Gasteiger partial charge < -0.3 is 9.47 Å². The summed E-state index contributed by atoms with van der Waals surface area (Å²) in [5, 5.41) is 0. The summed E-state index contributed by atoms with van der Waals surface area (Å²) in [5.41, 5.74) is 1.64. The summed E-state index contributed by atoms with van der Waals surface area (Å²) >= 11 is 1.66. The van der Waals surface area contributed by atoms with Crippen molar-refractivity contribution in [3.8, 4) is 5.75 Å². The highest BCUT2D eigenvalue weighted by molar-refractivity contribution is 7.99. The second-order valence-corrected chi connectivity index (χ2v) is 5.59. The number of ether oxygens (including phenoxy) is 2. The first kappa shape index (κ1) is 15.4. The molecule has 0 aliphatic rings. The summed E-state index contributed by atoms with van der Waals surface area (Å²) in [6.45, 7) is 2.03. The van der Waals surface area contributed by atoms with E-state index in [0.717, 1.165) is 27.5 Å². The third-order valence-corrected chi connectivity index (χ3v) is 4.16. The molecular formula is C17H18O3S. The fourth-order valence-corrected chi connectivity index (χ4v) is 2.90. The van der Waals surface area contributed by atoms with E-state index in [9.17, 15) is 4.79 Å². The van der Waals surface area contributed by atoms with Crippen molar-refractivity contribution in [1.29, 1.82) is 0 Å². The van der Waals surface area contributed by atoms with Crippen LogP contribution in [0.3, 0.4) is 0 Å². The van der Waals surface area contributed by atoms with Gasteiger partial charge in [-0.05, 0) is 54.4 Å². The fraction of sp³-hybridized carbons (Fsp3) is 0.235. The summed E-state index contributed by atoms with van der Waals surface area (Å²) in [6.07, 6.45) is 0.793. The highest BCUT2D eigenvalue weighted by atomic mass is 32.2. The maximum atomic E-state index is 11.7. The number of carbonyl (C=O) groups is 1. The van der Waals surface area contributed by atoms with E-state index in [0.29, 0.717) is 5.56 Å². The summed E-state index contributed by atoms with van der Waals surface area (Å²) in [5.74, 6) is 0.558. The molecule has 0 N–H and O–H groups in total. The van der Waals surface area contributed by atoms with Crippen LogP contribution in [0.5, 0.6) is 5.75 Å². The lowest BCUT2D eigenvalue weighted by Gasteiger charge is -2.09. The van der Waals surface area contributed by atoms with Crippen molar-refractivity contribution in [2.45, 2.75) is 23.1 Å². The van der Waals surface area contributed by atoms with Crippen molar-refractivity contribution < 1.29 is 14.3 Å². The van der Waals surface area contributed by atoms with Crippen molar-refractivity contribution >= 4 is 17.7 Å². The molecule has 0 heterocycles. The molecule has 0 unspecified atom stereocenters. The van der Waals surface area contributed by atoms with E-state index in [-0.39, 0.29) is 5.97 Å². The number of hydrogen-bond donors (Lipinski definition) is 0. The molecule has 2 rings (SSSR count). The van der Waals surface area contributed by atoms with Crippen LogP contribution < -0.4 is 4.74 Å². The van der Waals surface area contributed by atoms with E-state index in [1.165, 1.54) is 7.11 Å². The standard InChI is InChI=1S/C17H18O3S/c1-4-12-11-15(9-10-16(12)17(18)20-3)21-14-7-5-13(19-2)6-8-14/h5-11H,4H2,1-3H3. The Hall–Kier alpha value is -1.94. The minimum Gasteiger partial charge on any atom is -0.497 e. The Balaban J connectivity index is 2.22. The molecule has 0 saturated heterocycles. The highest BCUT2D eigenvalue weighted by Crippen LogP contribution is 2.30. The Morgan fingerprint density at radius 2 is 1.71 bits per heavy atom. The van der Waals surface area contributed by atoms with Crippen LogP contribution in [-0.2, 0) is 11.2 Å². The first-order chi connectivity index (χ1) is 10.2. The normalized spacial score (nSPS) is 10.2. The summed E-state index contributed by atoms with van der Waals surface area (Å²) in [7, 11) is 3.06. The van der Waals surface area contributed by atoms with Crippen molar-refractivity contribution in [1.82, 2.24) is 0 Å². The molecule has 0 aliphatic carbocycles. The van der Waals surface area contributed by atoms with Crippen LogP contribution in [0.4, 0.5) is 0 Å². The van der Waals surface area contributed by atoms with Gasteiger partial charge in [-0.15, -0.1) is 0 Å². The Morgan fingerprint density at radius 3 is 2.29 bits per heavy atom. The molecule has 0 bridgehead atoms. The molecule has 21 heavy (non-hydrogen) atoms. The number of aryl methyl sites for hydroxylation is 1. The van der Waals surface area contributed by atoms with Gasteiger partial charge in [-0.3, -0.25) is 0 Å². The van der Waals surface area contributed by atoms with Crippen molar-refractivity contribution in [2.75, 3.05) is 14.2 Å². The van der Waals surface area contributed by atoms with Gasteiger partial charge in [0.15, 0.2) is 0 Å². The first-order valence-corrected chi connectivity index (χ1v) is 7.52. The Morgan fingerprint density at radius 1 is 1.05 bits per heavy atom. The van der Waals surface area contributed by atoms with Crippen molar-refractivity contribution in [2.24, 2.45) is 0 Å².